The molecule has 0 bridgehead atoms. The monoisotopic (exact) mass is 380 g/mol. The molecule has 144 valence electrons. The Morgan fingerprint density at radius 3 is 2.24 bits per heavy atom. The topological polar surface area (TPSA) is 34.1 Å². The van der Waals surface area contributed by atoms with Gasteiger partial charge in [-0.1, -0.05) is 68.4 Å². The van der Waals surface area contributed by atoms with Crippen LogP contribution in [0.15, 0.2) is 66.7 Å². The molecule has 2 heteroatoms. The molecular weight excluding hydrogens is 356 g/mol. The van der Waals surface area contributed by atoms with E-state index >= 15 is 0 Å². The van der Waals surface area contributed by atoms with E-state index < -0.39 is 0 Å². The summed E-state index contributed by atoms with van der Waals surface area (Å²) < 4.78 is 0. The van der Waals surface area contributed by atoms with Gasteiger partial charge in [0.05, 0.1) is 0 Å². The van der Waals surface area contributed by atoms with E-state index in [1.54, 1.807) is 13.0 Å². The van der Waals surface area contributed by atoms with Gasteiger partial charge in [-0.05, 0) is 65.3 Å². The molecule has 0 radical (unpaired) electrons. The summed E-state index contributed by atoms with van der Waals surface area (Å²) in [6.07, 6.45) is 0. The van der Waals surface area contributed by atoms with Crippen molar-refractivity contribution >= 4 is 11.6 Å². The number of hydrogen-bond donors (Lipinski definition) is 0. The summed E-state index contributed by atoms with van der Waals surface area (Å²) >= 11 is 0. The Morgan fingerprint density at radius 2 is 1.52 bits per heavy atom. The number of carbonyl (C=O) groups is 2. The maximum atomic E-state index is 13.7. The minimum Gasteiger partial charge on any atom is -0.294 e. The van der Waals surface area contributed by atoms with Gasteiger partial charge in [0.2, 0.25) is 0 Å². The molecule has 4 aliphatic rings. The van der Waals surface area contributed by atoms with Gasteiger partial charge < -0.3 is 0 Å². The number of aryl methyl sites for hydroxylation is 1. The van der Waals surface area contributed by atoms with E-state index in [-0.39, 0.29) is 11.6 Å². The number of rotatable bonds is 4. The van der Waals surface area contributed by atoms with Gasteiger partial charge in [-0.25, -0.2) is 0 Å². The second-order valence-electron chi connectivity index (χ2n) is 7.99. The lowest BCUT2D eigenvalue weighted by Crippen LogP contribution is -2.01. The van der Waals surface area contributed by atoms with Crippen LogP contribution in [0.2, 0.25) is 0 Å². The van der Waals surface area contributed by atoms with Crippen molar-refractivity contribution in [2.45, 2.75) is 33.6 Å². The van der Waals surface area contributed by atoms with Crippen LogP contribution in [0.1, 0.15) is 64.1 Å². The Labute approximate surface area is 171 Å². The number of fused-ring (bicyclic) bond motifs is 2. The first-order valence-corrected chi connectivity index (χ1v) is 9.99. The van der Waals surface area contributed by atoms with Crippen molar-refractivity contribution in [2.24, 2.45) is 0 Å². The van der Waals surface area contributed by atoms with E-state index in [0.29, 0.717) is 22.6 Å². The van der Waals surface area contributed by atoms with Crippen LogP contribution in [-0.2, 0) is 0 Å². The molecule has 0 unspecified atom stereocenters. The lowest BCUT2D eigenvalue weighted by molar-refractivity contribution is 0.101. The zero-order chi connectivity index (χ0) is 20.7. The van der Waals surface area contributed by atoms with Crippen molar-refractivity contribution in [1.82, 2.24) is 0 Å². The zero-order valence-electron chi connectivity index (χ0n) is 17.2. The zero-order valence-corrected chi connectivity index (χ0v) is 17.2. The van der Waals surface area contributed by atoms with Gasteiger partial charge in [-0.2, -0.15) is 0 Å². The predicted molar refractivity (Wildman–Crippen MR) is 118 cm³/mol. The van der Waals surface area contributed by atoms with Crippen LogP contribution in [0, 0.1) is 6.92 Å². The van der Waals surface area contributed by atoms with Gasteiger partial charge in [0.1, 0.15) is 0 Å². The predicted octanol–water partition coefficient (Wildman–Crippen LogP) is 6.76. The van der Waals surface area contributed by atoms with E-state index in [9.17, 15) is 9.59 Å². The molecule has 0 fully saturated rings. The van der Waals surface area contributed by atoms with Crippen LogP contribution in [0.5, 0.6) is 0 Å². The first kappa shape index (κ1) is 19.1. The van der Waals surface area contributed by atoms with E-state index in [1.165, 1.54) is 0 Å². The molecule has 0 aromatic carbocycles. The Hall–Kier alpha value is -3.26. The lowest BCUT2D eigenvalue weighted by Gasteiger charge is -2.07. The summed E-state index contributed by atoms with van der Waals surface area (Å²) in [5, 5.41) is 0. The summed E-state index contributed by atoms with van der Waals surface area (Å²) in [5.41, 5.74) is 7.76. The van der Waals surface area contributed by atoms with Crippen molar-refractivity contribution in [3.63, 3.8) is 0 Å². The third-order valence-corrected chi connectivity index (χ3v) is 5.68. The fraction of sp³-hybridized carbons (Fsp3) is 0.185. The first-order chi connectivity index (χ1) is 13.9. The smallest absolute Gasteiger partial charge is 0.194 e. The maximum absolute atomic E-state index is 13.7. The molecular formula is C27H24O2. The van der Waals surface area contributed by atoms with Gasteiger partial charge in [-0.15, -0.1) is 0 Å². The molecule has 0 aromatic rings. The van der Waals surface area contributed by atoms with E-state index in [1.807, 2.05) is 49.4 Å². The van der Waals surface area contributed by atoms with Crippen molar-refractivity contribution in [1.29, 1.82) is 0 Å². The van der Waals surface area contributed by atoms with Gasteiger partial charge >= 0.3 is 0 Å². The Morgan fingerprint density at radius 1 is 0.759 bits per heavy atom. The van der Waals surface area contributed by atoms with E-state index in [2.05, 4.69) is 32.0 Å². The summed E-state index contributed by atoms with van der Waals surface area (Å²) in [6.45, 7) is 7.84. The number of carbonyl (C=O) groups excluding carboxylic acids is 2. The molecule has 2 nitrogen and oxygen atoms in total. The van der Waals surface area contributed by atoms with Crippen molar-refractivity contribution < 1.29 is 9.59 Å². The van der Waals surface area contributed by atoms with Gasteiger partial charge in [0.25, 0.3) is 0 Å². The highest BCUT2D eigenvalue weighted by atomic mass is 16.1. The third kappa shape index (κ3) is 3.25. The van der Waals surface area contributed by atoms with Gasteiger partial charge in [0.15, 0.2) is 11.6 Å². The summed E-state index contributed by atoms with van der Waals surface area (Å²) in [4.78, 5) is 26.1. The molecule has 0 saturated heterocycles. The largest absolute Gasteiger partial charge is 0.294 e. The fourth-order valence-electron chi connectivity index (χ4n) is 4.05. The Bertz CT molecular complexity index is 1180. The van der Waals surface area contributed by atoms with Crippen LogP contribution in [0.3, 0.4) is 0 Å². The Balaban J connectivity index is 1.98. The number of Topliss-reactive ketones (excluding diaryl/α,β-unsaturated/α-hetero) is 1. The highest BCUT2D eigenvalue weighted by molar-refractivity contribution is 6.20. The van der Waals surface area contributed by atoms with Crippen LogP contribution in [-0.4, -0.2) is 11.6 Å². The third-order valence-electron chi connectivity index (χ3n) is 5.68. The molecule has 0 N–H and O–H groups in total. The number of ketones is 2. The molecule has 0 saturated carbocycles. The normalized spacial score (nSPS) is 11.3. The second-order valence-corrected chi connectivity index (χ2v) is 7.99. The van der Waals surface area contributed by atoms with Crippen molar-refractivity contribution in [3.05, 3.63) is 94.5 Å². The molecule has 4 rings (SSSR count). The average molecular weight is 380 g/mol. The lowest BCUT2D eigenvalue weighted by atomic mass is 9.96. The van der Waals surface area contributed by atoms with Gasteiger partial charge in [0, 0.05) is 16.7 Å². The summed E-state index contributed by atoms with van der Waals surface area (Å²) in [5.74, 6) is 0.264. The quantitative estimate of drug-likeness (QED) is 0.366. The van der Waals surface area contributed by atoms with Crippen LogP contribution in [0.25, 0.3) is 22.3 Å². The molecule has 0 aromatic heterocycles. The molecule has 4 aliphatic carbocycles. The molecule has 0 spiro atoms. The summed E-state index contributed by atoms with van der Waals surface area (Å²) in [7, 11) is 0. The highest BCUT2D eigenvalue weighted by Crippen LogP contribution is 2.39. The minimum atomic E-state index is -0.0380. The first-order valence-electron chi connectivity index (χ1n) is 9.99. The van der Waals surface area contributed by atoms with Crippen LogP contribution in [0.4, 0.5) is 0 Å². The molecule has 0 aliphatic heterocycles. The average Bonchev–Trinajstić information content (AvgIpc) is 3.11. The van der Waals surface area contributed by atoms with Crippen LogP contribution >= 0.6 is 0 Å². The van der Waals surface area contributed by atoms with Crippen molar-refractivity contribution in [2.75, 3.05) is 0 Å². The van der Waals surface area contributed by atoms with E-state index in [4.69, 9.17) is 0 Å². The maximum Gasteiger partial charge on any atom is 0.194 e. The summed E-state index contributed by atoms with van der Waals surface area (Å²) in [6, 6.07) is 21.7. The van der Waals surface area contributed by atoms with Crippen molar-refractivity contribution in [3.8, 4) is 22.3 Å². The molecule has 0 atom stereocenters. The molecule has 0 amide bonds. The molecule has 0 heterocycles. The standard InChI is InChI=1S/C27H24O2/c1-16(2)20-11-10-17(3)26-23(18(4)28)15-25(24(26)14-20)27(29)22-13-12-19-8-6-5-7-9-21(19)22/h5-16H,1-4H3. The highest BCUT2D eigenvalue weighted by Gasteiger charge is 2.26. The van der Waals surface area contributed by atoms with E-state index in [0.717, 1.165) is 33.4 Å². The Kier molecular flexibility index (Phi) is 4.79. The van der Waals surface area contributed by atoms with Gasteiger partial charge in [-0.3, -0.25) is 9.59 Å². The molecule has 29 heavy (non-hydrogen) atoms. The minimum absolute atomic E-state index is 0.0202. The number of hydrogen-bond acceptors (Lipinski definition) is 2. The van der Waals surface area contributed by atoms with Crippen LogP contribution < -0.4 is 0 Å². The second kappa shape index (κ2) is 7.29. The SMILES string of the molecule is CC(=O)c1cc(C(=O)c2ccc3cccccc2-3)c2cc(C(C)C)ccc(C)c1-2. The fourth-order valence-corrected chi connectivity index (χ4v) is 4.05.